The summed E-state index contributed by atoms with van der Waals surface area (Å²) in [6, 6.07) is 0. The summed E-state index contributed by atoms with van der Waals surface area (Å²) in [6.07, 6.45) is 2.87. The van der Waals surface area contributed by atoms with Gasteiger partial charge in [0.2, 0.25) is 0 Å². The Labute approximate surface area is 112 Å². The summed E-state index contributed by atoms with van der Waals surface area (Å²) < 4.78 is 4.95. The molecule has 5 heteroatoms. The van der Waals surface area contributed by atoms with Crippen LogP contribution in [-0.2, 0) is 14.3 Å². The number of aliphatic carboxylic acids is 1. The predicted octanol–water partition coefficient (Wildman–Crippen LogP) is 1.52. The number of ether oxygens (including phenoxy) is 1. The number of hydrogen-bond acceptors (Lipinski definition) is 4. The molecule has 2 N–H and O–H groups in total. The second-order valence-corrected chi connectivity index (χ2v) is 4.95. The van der Waals surface area contributed by atoms with E-state index in [1.165, 1.54) is 0 Å². The zero-order valence-electron chi connectivity index (χ0n) is 10.9. The topological polar surface area (TPSA) is 83.8 Å². The third-order valence-electron chi connectivity index (χ3n) is 3.50. The first-order valence-corrected chi connectivity index (χ1v) is 6.32. The van der Waals surface area contributed by atoms with Gasteiger partial charge in [0.1, 0.15) is 0 Å². The number of carbonyl (C=O) groups is 2. The monoisotopic (exact) mass is 268 g/mol. The van der Waals surface area contributed by atoms with Crippen molar-refractivity contribution in [3.05, 3.63) is 24.8 Å². The van der Waals surface area contributed by atoms with E-state index in [1.807, 2.05) is 0 Å². The van der Waals surface area contributed by atoms with Crippen molar-refractivity contribution in [3.63, 3.8) is 0 Å². The Morgan fingerprint density at radius 2 is 2.05 bits per heavy atom. The second kappa shape index (κ2) is 7.09. The smallest absolute Gasteiger partial charge is 0.330 e. The lowest BCUT2D eigenvalue weighted by molar-refractivity contribution is -0.140. The van der Waals surface area contributed by atoms with Gasteiger partial charge in [-0.15, -0.1) is 0 Å². The van der Waals surface area contributed by atoms with Crippen molar-refractivity contribution in [1.29, 1.82) is 0 Å². The number of carbonyl (C=O) groups excluding carboxylic acids is 1. The van der Waals surface area contributed by atoms with E-state index in [0.29, 0.717) is 19.3 Å². The molecule has 0 aromatic carbocycles. The first-order valence-electron chi connectivity index (χ1n) is 6.32. The molecule has 0 aromatic heterocycles. The first-order chi connectivity index (χ1) is 8.93. The molecule has 0 bridgehead atoms. The molecule has 0 spiro atoms. The molecule has 0 amide bonds. The summed E-state index contributed by atoms with van der Waals surface area (Å²) in [6.45, 7) is 7.06. The van der Waals surface area contributed by atoms with Crippen LogP contribution in [0.25, 0.3) is 0 Å². The predicted molar refractivity (Wildman–Crippen MR) is 69.4 cm³/mol. The minimum absolute atomic E-state index is 0.0741. The number of carboxylic acids is 1. The lowest BCUT2D eigenvalue weighted by Crippen LogP contribution is -2.32. The van der Waals surface area contributed by atoms with Gasteiger partial charge in [-0.05, 0) is 37.5 Å². The minimum atomic E-state index is -1.02. The highest BCUT2D eigenvalue weighted by atomic mass is 16.5. The van der Waals surface area contributed by atoms with Crippen LogP contribution >= 0.6 is 0 Å². The number of hydrogen-bond donors (Lipinski definition) is 2. The number of aliphatic hydroxyl groups excluding tert-OH is 1. The minimum Gasteiger partial charge on any atom is -0.478 e. The number of esters is 1. The fourth-order valence-electron chi connectivity index (χ4n) is 2.35. The van der Waals surface area contributed by atoms with E-state index < -0.39 is 18.0 Å². The van der Waals surface area contributed by atoms with E-state index in [-0.39, 0.29) is 24.0 Å². The van der Waals surface area contributed by atoms with Gasteiger partial charge < -0.3 is 14.9 Å². The largest absolute Gasteiger partial charge is 0.478 e. The Kier molecular flexibility index (Phi) is 5.76. The maximum absolute atomic E-state index is 10.9. The van der Waals surface area contributed by atoms with Crippen LogP contribution in [0.3, 0.4) is 0 Å². The van der Waals surface area contributed by atoms with Crippen molar-refractivity contribution < 1.29 is 24.5 Å². The van der Waals surface area contributed by atoms with Crippen molar-refractivity contribution in [1.82, 2.24) is 0 Å². The Morgan fingerprint density at radius 3 is 2.58 bits per heavy atom. The number of aliphatic hydroxyl groups is 1. The van der Waals surface area contributed by atoms with Crippen molar-refractivity contribution in [3.8, 4) is 0 Å². The molecular formula is C14H20O5. The molecule has 1 aliphatic rings. The Morgan fingerprint density at radius 1 is 1.37 bits per heavy atom. The van der Waals surface area contributed by atoms with Crippen LogP contribution in [0.1, 0.15) is 25.7 Å². The maximum Gasteiger partial charge on any atom is 0.330 e. The zero-order valence-corrected chi connectivity index (χ0v) is 10.9. The van der Waals surface area contributed by atoms with Gasteiger partial charge >= 0.3 is 11.9 Å². The SMILES string of the molecule is C=CC(=O)OCC1CCC(CC(=C)C(=O)O)C(O)C1. The summed E-state index contributed by atoms with van der Waals surface area (Å²) in [7, 11) is 0. The molecule has 5 nitrogen and oxygen atoms in total. The van der Waals surface area contributed by atoms with Gasteiger partial charge in [0.25, 0.3) is 0 Å². The number of carboxylic acid groups (broad SMARTS) is 1. The Hall–Kier alpha value is -1.62. The average molecular weight is 268 g/mol. The molecule has 3 atom stereocenters. The van der Waals surface area contributed by atoms with E-state index in [4.69, 9.17) is 9.84 Å². The quantitative estimate of drug-likeness (QED) is 0.563. The van der Waals surface area contributed by atoms with Crippen molar-refractivity contribution in [2.45, 2.75) is 31.8 Å². The van der Waals surface area contributed by atoms with E-state index in [0.717, 1.165) is 12.5 Å². The molecule has 1 rings (SSSR count). The van der Waals surface area contributed by atoms with Crippen LogP contribution in [0.2, 0.25) is 0 Å². The van der Waals surface area contributed by atoms with Crippen molar-refractivity contribution in [2.75, 3.05) is 6.61 Å². The Bertz CT molecular complexity index is 374. The molecular weight excluding hydrogens is 248 g/mol. The van der Waals surface area contributed by atoms with Crippen LogP contribution in [0.5, 0.6) is 0 Å². The van der Waals surface area contributed by atoms with Gasteiger partial charge in [-0.1, -0.05) is 13.2 Å². The molecule has 0 heterocycles. The fourth-order valence-corrected chi connectivity index (χ4v) is 2.35. The van der Waals surface area contributed by atoms with Gasteiger partial charge in [0.15, 0.2) is 0 Å². The highest BCUT2D eigenvalue weighted by Gasteiger charge is 2.30. The van der Waals surface area contributed by atoms with E-state index >= 15 is 0 Å². The summed E-state index contributed by atoms with van der Waals surface area (Å²) in [5.41, 5.74) is 0.126. The third kappa shape index (κ3) is 4.87. The maximum atomic E-state index is 10.9. The van der Waals surface area contributed by atoms with E-state index in [9.17, 15) is 14.7 Å². The number of rotatable bonds is 6. The highest BCUT2D eigenvalue weighted by molar-refractivity contribution is 5.85. The second-order valence-electron chi connectivity index (χ2n) is 4.95. The third-order valence-corrected chi connectivity index (χ3v) is 3.50. The summed E-state index contributed by atoms with van der Waals surface area (Å²) in [4.78, 5) is 21.6. The zero-order chi connectivity index (χ0) is 14.4. The van der Waals surface area contributed by atoms with Gasteiger partial charge in [-0.2, -0.15) is 0 Å². The van der Waals surface area contributed by atoms with Crippen LogP contribution in [0.15, 0.2) is 24.8 Å². The molecule has 1 fully saturated rings. The standard InChI is InChI=1S/C14H20O5/c1-3-13(16)19-8-10-4-5-11(12(15)7-10)6-9(2)14(17)18/h3,10-12,15H,1-2,4-8H2,(H,17,18). The van der Waals surface area contributed by atoms with Crippen molar-refractivity contribution >= 4 is 11.9 Å². The molecule has 0 radical (unpaired) electrons. The van der Waals surface area contributed by atoms with Crippen LogP contribution < -0.4 is 0 Å². The fraction of sp³-hybridized carbons (Fsp3) is 0.571. The van der Waals surface area contributed by atoms with Crippen LogP contribution in [0.4, 0.5) is 0 Å². The molecule has 19 heavy (non-hydrogen) atoms. The molecule has 106 valence electrons. The van der Waals surface area contributed by atoms with Gasteiger partial charge in [0, 0.05) is 11.6 Å². The van der Waals surface area contributed by atoms with E-state index in [2.05, 4.69) is 13.2 Å². The highest BCUT2D eigenvalue weighted by Crippen LogP contribution is 2.33. The summed E-state index contributed by atoms with van der Waals surface area (Å²) in [5.74, 6) is -1.44. The molecule has 3 unspecified atom stereocenters. The Balaban J connectivity index is 2.38. The summed E-state index contributed by atoms with van der Waals surface area (Å²) in [5, 5.41) is 18.8. The van der Waals surface area contributed by atoms with Crippen LogP contribution in [-0.4, -0.2) is 34.9 Å². The lowest BCUT2D eigenvalue weighted by atomic mass is 9.77. The average Bonchev–Trinajstić information content (AvgIpc) is 2.38. The van der Waals surface area contributed by atoms with E-state index in [1.54, 1.807) is 0 Å². The normalized spacial score (nSPS) is 26.5. The van der Waals surface area contributed by atoms with Gasteiger partial charge in [-0.25, -0.2) is 9.59 Å². The molecule has 0 saturated heterocycles. The van der Waals surface area contributed by atoms with Crippen LogP contribution in [0, 0.1) is 11.8 Å². The van der Waals surface area contributed by atoms with Gasteiger partial charge in [0.05, 0.1) is 12.7 Å². The first kappa shape index (κ1) is 15.4. The van der Waals surface area contributed by atoms with Crippen molar-refractivity contribution in [2.24, 2.45) is 11.8 Å². The molecule has 1 aliphatic carbocycles. The molecule has 1 saturated carbocycles. The lowest BCUT2D eigenvalue weighted by Gasteiger charge is -2.32. The molecule has 0 aromatic rings. The van der Waals surface area contributed by atoms with Gasteiger partial charge in [-0.3, -0.25) is 0 Å². The molecule has 0 aliphatic heterocycles. The summed E-state index contributed by atoms with van der Waals surface area (Å²) >= 11 is 0.